The molecule has 1 amide bonds. The molecule has 13 heteroatoms. The summed E-state index contributed by atoms with van der Waals surface area (Å²) in [5.74, 6) is -0.885. The second kappa shape index (κ2) is 9.72. The normalized spacial score (nSPS) is 16.7. The average molecular weight is 547 g/mol. The van der Waals surface area contributed by atoms with Gasteiger partial charge in [0.25, 0.3) is 10.0 Å². The van der Waals surface area contributed by atoms with E-state index in [0.29, 0.717) is 41.8 Å². The molecule has 1 saturated heterocycles. The summed E-state index contributed by atoms with van der Waals surface area (Å²) in [5.41, 5.74) is -0.0194. The van der Waals surface area contributed by atoms with Crippen molar-refractivity contribution in [2.45, 2.75) is 36.7 Å². The number of phenols is 1. The summed E-state index contributed by atoms with van der Waals surface area (Å²) < 4.78 is 71.6. The number of amides is 1. The number of hydrogen-bond acceptors (Lipinski definition) is 7. The van der Waals surface area contributed by atoms with Crippen LogP contribution in [0.5, 0.6) is 5.75 Å². The van der Waals surface area contributed by atoms with Crippen LogP contribution in [0, 0.1) is 0 Å². The number of carbonyl (C=O) groups excluding carboxylic acids is 1. The lowest BCUT2D eigenvalue weighted by Crippen LogP contribution is -2.45. The van der Waals surface area contributed by atoms with Crippen LogP contribution in [-0.2, 0) is 27.5 Å². The molecule has 1 atom stereocenters. The lowest BCUT2D eigenvalue weighted by atomic mass is 10.1. The Morgan fingerprint density at radius 2 is 1.87 bits per heavy atom. The molecule has 2 N–H and O–H groups in total. The monoisotopic (exact) mass is 546 g/mol. The number of carbonyl (C=O) groups is 1. The summed E-state index contributed by atoms with van der Waals surface area (Å²) in [6, 6.07) is 11.6. The molecule has 3 heterocycles. The van der Waals surface area contributed by atoms with Crippen LogP contribution < -0.4 is 5.32 Å². The SMILES string of the molecule is O=C(NCc1ccc(O)c(-c2ncc(C(F)(F)F)cn2)c1)[C@@H]1CCCN1S(=O)(=O)c1cc2ccccc2o1. The van der Waals surface area contributed by atoms with E-state index < -0.39 is 33.7 Å². The Bertz CT molecular complexity index is 1570. The number of rotatable bonds is 6. The number of furan rings is 1. The predicted octanol–water partition coefficient (Wildman–Crippen LogP) is 4.08. The smallest absolute Gasteiger partial charge is 0.419 e. The minimum absolute atomic E-state index is 0.0260. The van der Waals surface area contributed by atoms with E-state index in [1.165, 1.54) is 24.3 Å². The zero-order chi connectivity index (χ0) is 27.1. The largest absolute Gasteiger partial charge is 0.507 e. The van der Waals surface area contributed by atoms with Crippen LogP contribution in [0.4, 0.5) is 13.2 Å². The summed E-state index contributed by atoms with van der Waals surface area (Å²) in [5, 5.41) is 13.3. The first-order chi connectivity index (χ1) is 18.0. The first-order valence-corrected chi connectivity index (χ1v) is 13.0. The van der Waals surface area contributed by atoms with E-state index in [2.05, 4.69) is 15.3 Å². The molecule has 198 valence electrons. The topological polar surface area (TPSA) is 126 Å². The number of aromatic hydroxyl groups is 1. The van der Waals surface area contributed by atoms with Gasteiger partial charge in [-0.2, -0.15) is 17.5 Å². The van der Waals surface area contributed by atoms with Gasteiger partial charge in [-0.25, -0.2) is 18.4 Å². The summed E-state index contributed by atoms with van der Waals surface area (Å²) in [7, 11) is -4.06. The number of benzene rings is 2. The maximum Gasteiger partial charge on any atom is 0.419 e. The van der Waals surface area contributed by atoms with Gasteiger partial charge in [-0.3, -0.25) is 4.79 Å². The highest BCUT2D eigenvalue weighted by Gasteiger charge is 2.41. The van der Waals surface area contributed by atoms with Crippen LogP contribution in [0.2, 0.25) is 0 Å². The van der Waals surface area contributed by atoms with Crippen molar-refractivity contribution < 1.29 is 35.9 Å². The number of sulfonamides is 1. The van der Waals surface area contributed by atoms with E-state index in [-0.39, 0.29) is 35.3 Å². The Kier molecular flexibility index (Phi) is 6.57. The first-order valence-electron chi connectivity index (χ1n) is 11.5. The van der Waals surface area contributed by atoms with Gasteiger partial charge in [0.2, 0.25) is 11.0 Å². The zero-order valence-electron chi connectivity index (χ0n) is 19.6. The van der Waals surface area contributed by atoms with Gasteiger partial charge in [0.05, 0.1) is 11.1 Å². The fourth-order valence-corrected chi connectivity index (χ4v) is 5.89. The Balaban J connectivity index is 1.30. The van der Waals surface area contributed by atoms with Gasteiger partial charge < -0.3 is 14.8 Å². The number of halogens is 3. The van der Waals surface area contributed by atoms with Crippen LogP contribution >= 0.6 is 0 Å². The molecule has 1 aliphatic heterocycles. The molecule has 0 bridgehead atoms. The number of para-hydroxylation sites is 1. The molecule has 2 aromatic heterocycles. The molecule has 0 radical (unpaired) electrons. The van der Waals surface area contributed by atoms with Crippen molar-refractivity contribution in [3.8, 4) is 17.1 Å². The molecule has 0 unspecified atom stereocenters. The highest BCUT2D eigenvalue weighted by molar-refractivity contribution is 7.89. The van der Waals surface area contributed by atoms with E-state index in [4.69, 9.17) is 4.42 Å². The molecule has 1 aliphatic rings. The van der Waals surface area contributed by atoms with E-state index in [9.17, 15) is 31.5 Å². The van der Waals surface area contributed by atoms with E-state index >= 15 is 0 Å². The van der Waals surface area contributed by atoms with Crippen LogP contribution in [0.25, 0.3) is 22.4 Å². The third-order valence-electron chi connectivity index (χ3n) is 6.22. The van der Waals surface area contributed by atoms with Gasteiger partial charge in [0.1, 0.15) is 17.4 Å². The van der Waals surface area contributed by atoms with Gasteiger partial charge in [0.15, 0.2) is 5.82 Å². The highest BCUT2D eigenvalue weighted by Crippen LogP contribution is 2.32. The van der Waals surface area contributed by atoms with Crippen LogP contribution in [0.1, 0.15) is 24.0 Å². The molecular weight excluding hydrogens is 525 g/mol. The molecule has 5 rings (SSSR count). The van der Waals surface area contributed by atoms with Crippen molar-refractivity contribution in [3.05, 3.63) is 72.1 Å². The number of nitrogens with zero attached hydrogens (tertiary/aromatic N) is 3. The van der Waals surface area contributed by atoms with Gasteiger partial charge in [0, 0.05) is 36.9 Å². The van der Waals surface area contributed by atoms with E-state index in [1.54, 1.807) is 24.3 Å². The fourth-order valence-electron chi connectivity index (χ4n) is 4.28. The molecule has 0 spiro atoms. The van der Waals surface area contributed by atoms with Gasteiger partial charge in [-0.1, -0.05) is 24.3 Å². The van der Waals surface area contributed by atoms with Crippen molar-refractivity contribution in [2.75, 3.05) is 6.54 Å². The van der Waals surface area contributed by atoms with Crippen LogP contribution in [0.3, 0.4) is 0 Å². The van der Waals surface area contributed by atoms with Gasteiger partial charge in [-0.15, -0.1) is 0 Å². The summed E-state index contributed by atoms with van der Waals surface area (Å²) in [6.45, 7) is 0.133. The predicted molar refractivity (Wildman–Crippen MR) is 129 cm³/mol. The Hall–Kier alpha value is -3.97. The molecule has 4 aromatic rings. The third kappa shape index (κ3) is 4.94. The highest BCUT2D eigenvalue weighted by atomic mass is 32.2. The quantitative estimate of drug-likeness (QED) is 0.373. The molecule has 1 fully saturated rings. The average Bonchev–Trinajstić information content (AvgIpc) is 3.56. The lowest BCUT2D eigenvalue weighted by Gasteiger charge is -2.22. The summed E-state index contributed by atoms with van der Waals surface area (Å²) in [6.07, 6.45) is -2.54. The first kappa shape index (κ1) is 25.7. The molecule has 38 heavy (non-hydrogen) atoms. The lowest BCUT2D eigenvalue weighted by molar-refractivity contribution is -0.138. The number of aromatic nitrogens is 2. The standard InChI is InChI=1S/C25H21F3N4O5S/c26-25(27,28)17-13-29-23(30-14-17)18-10-15(7-8-20(18)33)12-31-24(34)19-5-3-9-32(19)38(35,36)22-11-16-4-1-2-6-21(16)37-22/h1-2,4,6-8,10-11,13-14,19,33H,3,5,9,12H2,(H,31,34)/t19-/m0/s1. The van der Waals surface area contributed by atoms with E-state index in [0.717, 1.165) is 4.31 Å². The third-order valence-corrected chi connectivity index (χ3v) is 7.98. The van der Waals surface area contributed by atoms with Crippen molar-refractivity contribution in [3.63, 3.8) is 0 Å². The molecule has 0 aliphatic carbocycles. The maximum absolute atomic E-state index is 13.3. The summed E-state index contributed by atoms with van der Waals surface area (Å²) >= 11 is 0. The number of fused-ring (bicyclic) bond motifs is 1. The number of hydrogen-bond donors (Lipinski definition) is 2. The minimum Gasteiger partial charge on any atom is -0.507 e. The Labute approximate surface area is 215 Å². The fraction of sp³-hybridized carbons (Fsp3) is 0.240. The number of alkyl halides is 3. The van der Waals surface area contributed by atoms with Crippen molar-refractivity contribution >= 4 is 26.9 Å². The molecule has 9 nitrogen and oxygen atoms in total. The molecule has 2 aromatic carbocycles. The van der Waals surface area contributed by atoms with Crippen molar-refractivity contribution in [1.82, 2.24) is 19.6 Å². The second-order valence-electron chi connectivity index (χ2n) is 8.74. The Morgan fingerprint density at radius 3 is 2.58 bits per heavy atom. The maximum atomic E-state index is 13.3. The van der Waals surface area contributed by atoms with Gasteiger partial charge >= 0.3 is 6.18 Å². The zero-order valence-corrected chi connectivity index (χ0v) is 20.5. The van der Waals surface area contributed by atoms with Crippen molar-refractivity contribution in [1.29, 1.82) is 0 Å². The van der Waals surface area contributed by atoms with Crippen molar-refractivity contribution in [2.24, 2.45) is 0 Å². The number of phenolic OH excluding ortho intramolecular Hbond substituents is 1. The molecule has 0 saturated carbocycles. The molecular formula is C25H21F3N4O5S. The van der Waals surface area contributed by atoms with Gasteiger partial charge in [-0.05, 0) is 36.6 Å². The minimum atomic E-state index is -4.60. The summed E-state index contributed by atoms with van der Waals surface area (Å²) in [4.78, 5) is 20.4. The Morgan fingerprint density at radius 1 is 1.13 bits per heavy atom. The second-order valence-corrected chi connectivity index (χ2v) is 10.6. The van der Waals surface area contributed by atoms with E-state index in [1.807, 2.05) is 0 Å². The number of nitrogens with one attached hydrogen (secondary N) is 1. The van der Waals surface area contributed by atoms with Crippen LogP contribution in [0.15, 0.2) is 70.4 Å². The van der Waals surface area contributed by atoms with Crippen LogP contribution in [-0.4, -0.2) is 46.3 Å².